The first-order chi connectivity index (χ1) is 9.15. The smallest absolute Gasteiger partial charge is 0.335 e. The minimum Gasteiger partial charge on any atom is -0.497 e. The number of methoxy groups -OCH3 is 2. The lowest BCUT2D eigenvalue weighted by Crippen LogP contribution is -1.96. The SMILES string of the molecule is COc1ccc(-c2cccc(C(=O)O)c2)c(OC)c1. The molecule has 2 aromatic rings. The van der Waals surface area contributed by atoms with E-state index in [1.165, 1.54) is 0 Å². The lowest BCUT2D eigenvalue weighted by molar-refractivity contribution is 0.0697. The van der Waals surface area contributed by atoms with Crippen molar-refractivity contribution in [1.82, 2.24) is 0 Å². The summed E-state index contributed by atoms with van der Waals surface area (Å²) >= 11 is 0. The Kier molecular flexibility index (Phi) is 3.71. The average Bonchev–Trinajstić information content (AvgIpc) is 2.46. The van der Waals surface area contributed by atoms with E-state index >= 15 is 0 Å². The first-order valence-corrected chi connectivity index (χ1v) is 5.71. The van der Waals surface area contributed by atoms with Gasteiger partial charge in [-0.15, -0.1) is 0 Å². The predicted octanol–water partition coefficient (Wildman–Crippen LogP) is 3.07. The number of ether oxygens (including phenoxy) is 2. The highest BCUT2D eigenvalue weighted by molar-refractivity contribution is 5.89. The van der Waals surface area contributed by atoms with Crippen LogP contribution in [0.4, 0.5) is 0 Å². The van der Waals surface area contributed by atoms with E-state index < -0.39 is 5.97 Å². The Hall–Kier alpha value is -2.49. The van der Waals surface area contributed by atoms with Gasteiger partial charge in [0.05, 0.1) is 19.8 Å². The van der Waals surface area contributed by atoms with Crippen LogP contribution < -0.4 is 9.47 Å². The van der Waals surface area contributed by atoms with Gasteiger partial charge in [-0.3, -0.25) is 0 Å². The lowest BCUT2D eigenvalue weighted by Gasteiger charge is -2.11. The molecule has 0 aromatic heterocycles. The first kappa shape index (κ1) is 13.0. The molecular formula is C15H14O4. The number of hydrogen-bond donors (Lipinski definition) is 1. The number of hydrogen-bond acceptors (Lipinski definition) is 3. The van der Waals surface area contributed by atoms with Gasteiger partial charge in [-0.25, -0.2) is 4.79 Å². The van der Waals surface area contributed by atoms with Crippen molar-refractivity contribution in [2.45, 2.75) is 0 Å². The van der Waals surface area contributed by atoms with Gasteiger partial charge < -0.3 is 14.6 Å². The van der Waals surface area contributed by atoms with Crippen LogP contribution in [0, 0.1) is 0 Å². The lowest BCUT2D eigenvalue weighted by atomic mass is 10.0. The van der Waals surface area contributed by atoms with Crippen molar-refractivity contribution in [2.75, 3.05) is 14.2 Å². The largest absolute Gasteiger partial charge is 0.497 e. The Bertz CT molecular complexity index is 605. The molecular weight excluding hydrogens is 244 g/mol. The van der Waals surface area contributed by atoms with Crippen molar-refractivity contribution in [2.24, 2.45) is 0 Å². The van der Waals surface area contributed by atoms with Crippen LogP contribution in [0.2, 0.25) is 0 Å². The third-order valence-corrected chi connectivity index (χ3v) is 2.83. The number of aromatic carboxylic acids is 1. The Morgan fingerprint density at radius 2 is 1.84 bits per heavy atom. The molecule has 0 saturated heterocycles. The summed E-state index contributed by atoms with van der Waals surface area (Å²) in [7, 11) is 3.15. The van der Waals surface area contributed by atoms with Gasteiger partial charge in [0.2, 0.25) is 0 Å². The topological polar surface area (TPSA) is 55.8 Å². The summed E-state index contributed by atoms with van der Waals surface area (Å²) in [5.41, 5.74) is 1.86. The van der Waals surface area contributed by atoms with E-state index in [4.69, 9.17) is 14.6 Å². The number of carbonyl (C=O) groups is 1. The van der Waals surface area contributed by atoms with E-state index in [0.29, 0.717) is 11.5 Å². The maximum absolute atomic E-state index is 11.0. The van der Waals surface area contributed by atoms with Gasteiger partial charge in [0.15, 0.2) is 0 Å². The fraction of sp³-hybridized carbons (Fsp3) is 0.133. The van der Waals surface area contributed by atoms with Gasteiger partial charge in [0.25, 0.3) is 0 Å². The van der Waals surface area contributed by atoms with Crippen molar-refractivity contribution in [1.29, 1.82) is 0 Å². The summed E-state index contributed by atoms with van der Waals surface area (Å²) in [6, 6.07) is 12.2. The van der Waals surface area contributed by atoms with Gasteiger partial charge in [-0.05, 0) is 29.8 Å². The average molecular weight is 258 g/mol. The number of benzene rings is 2. The minimum atomic E-state index is -0.950. The second kappa shape index (κ2) is 5.44. The van der Waals surface area contributed by atoms with E-state index in [0.717, 1.165) is 11.1 Å². The van der Waals surface area contributed by atoms with Crippen molar-refractivity contribution in [3.8, 4) is 22.6 Å². The molecule has 0 aliphatic heterocycles. The maximum atomic E-state index is 11.0. The number of carboxylic acid groups (broad SMARTS) is 1. The second-order valence-electron chi connectivity index (χ2n) is 3.95. The molecule has 0 amide bonds. The molecule has 0 saturated carbocycles. The molecule has 0 aliphatic carbocycles. The Morgan fingerprint density at radius 3 is 2.47 bits per heavy atom. The molecule has 0 spiro atoms. The van der Waals surface area contributed by atoms with Crippen LogP contribution in [0.1, 0.15) is 10.4 Å². The highest BCUT2D eigenvalue weighted by Crippen LogP contribution is 2.33. The molecule has 1 N–H and O–H groups in total. The van der Waals surface area contributed by atoms with E-state index in [-0.39, 0.29) is 5.56 Å². The first-order valence-electron chi connectivity index (χ1n) is 5.71. The quantitative estimate of drug-likeness (QED) is 0.915. The molecule has 0 radical (unpaired) electrons. The maximum Gasteiger partial charge on any atom is 0.335 e. The zero-order chi connectivity index (χ0) is 13.8. The normalized spacial score (nSPS) is 10.0. The van der Waals surface area contributed by atoms with Crippen LogP contribution in [-0.4, -0.2) is 25.3 Å². The molecule has 4 nitrogen and oxygen atoms in total. The Balaban J connectivity index is 2.52. The van der Waals surface area contributed by atoms with Crippen molar-refractivity contribution >= 4 is 5.97 Å². The summed E-state index contributed by atoms with van der Waals surface area (Å²) in [6.07, 6.45) is 0. The van der Waals surface area contributed by atoms with Gasteiger partial charge in [0.1, 0.15) is 11.5 Å². The summed E-state index contributed by atoms with van der Waals surface area (Å²) in [4.78, 5) is 11.0. The second-order valence-corrected chi connectivity index (χ2v) is 3.95. The molecule has 2 aromatic carbocycles. The van der Waals surface area contributed by atoms with E-state index in [9.17, 15) is 4.79 Å². The summed E-state index contributed by atoms with van der Waals surface area (Å²) in [6.45, 7) is 0. The third-order valence-electron chi connectivity index (χ3n) is 2.83. The highest BCUT2D eigenvalue weighted by atomic mass is 16.5. The van der Waals surface area contributed by atoms with E-state index in [2.05, 4.69) is 0 Å². The molecule has 4 heteroatoms. The summed E-state index contributed by atoms with van der Waals surface area (Å²) in [5.74, 6) is 0.381. The minimum absolute atomic E-state index is 0.246. The van der Waals surface area contributed by atoms with Gasteiger partial charge in [-0.1, -0.05) is 12.1 Å². The predicted molar refractivity (Wildman–Crippen MR) is 71.9 cm³/mol. The van der Waals surface area contributed by atoms with Crippen molar-refractivity contribution in [3.63, 3.8) is 0 Å². The van der Waals surface area contributed by atoms with E-state index in [1.54, 1.807) is 38.5 Å². The fourth-order valence-electron chi connectivity index (χ4n) is 1.86. The molecule has 0 bridgehead atoms. The standard InChI is InChI=1S/C15H14O4/c1-18-12-6-7-13(14(9-12)19-2)10-4-3-5-11(8-10)15(16)17/h3-9H,1-2H3,(H,16,17). The number of rotatable bonds is 4. The van der Waals surface area contributed by atoms with Gasteiger partial charge in [0, 0.05) is 11.6 Å². The monoisotopic (exact) mass is 258 g/mol. The summed E-state index contributed by atoms with van der Waals surface area (Å²) < 4.78 is 10.5. The van der Waals surface area contributed by atoms with Crippen LogP contribution in [0.25, 0.3) is 11.1 Å². The van der Waals surface area contributed by atoms with Crippen molar-refractivity contribution < 1.29 is 19.4 Å². The van der Waals surface area contributed by atoms with Gasteiger partial charge in [-0.2, -0.15) is 0 Å². The van der Waals surface area contributed by atoms with Crippen LogP contribution in [0.3, 0.4) is 0 Å². The molecule has 0 unspecified atom stereocenters. The zero-order valence-corrected chi connectivity index (χ0v) is 10.7. The number of carboxylic acids is 1. The zero-order valence-electron chi connectivity index (χ0n) is 10.7. The molecule has 2 rings (SSSR count). The van der Waals surface area contributed by atoms with E-state index in [1.807, 2.05) is 18.2 Å². The fourth-order valence-corrected chi connectivity index (χ4v) is 1.86. The van der Waals surface area contributed by atoms with Gasteiger partial charge >= 0.3 is 5.97 Å². The molecule has 0 heterocycles. The molecule has 0 aliphatic rings. The Morgan fingerprint density at radius 1 is 1.05 bits per heavy atom. The van der Waals surface area contributed by atoms with Crippen LogP contribution >= 0.6 is 0 Å². The molecule has 98 valence electrons. The summed E-state index contributed by atoms with van der Waals surface area (Å²) in [5, 5.41) is 9.01. The molecule has 0 fully saturated rings. The van der Waals surface area contributed by atoms with Crippen LogP contribution in [-0.2, 0) is 0 Å². The third kappa shape index (κ3) is 2.68. The Labute approximate surface area is 111 Å². The van der Waals surface area contributed by atoms with Crippen LogP contribution in [0.15, 0.2) is 42.5 Å². The highest BCUT2D eigenvalue weighted by Gasteiger charge is 2.10. The van der Waals surface area contributed by atoms with Crippen molar-refractivity contribution in [3.05, 3.63) is 48.0 Å². The molecule has 19 heavy (non-hydrogen) atoms. The molecule has 0 atom stereocenters. The van der Waals surface area contributed by atoms with Crippen LogP contribution in [0.5, 0.6) is 11.5 Å².